The third kappa shape index (κ3) is 3.51. The topological polar surface area (TPSA) is 64.3 Å². The Bertz CT molecular complexity index is 629. The van der Waals surface area contributed by atoms with Crippen molar-refractivity contribution in [1.82, 2.24) is 0 Å². The van der Waals surface area contributed by atoms with Crippen LogP contribution in [0.2, 0.25) is 0 Å². The summed E-state index contributed by atoms with van der Waals surface area (Å²) in [6.07, 6.45) is 0. The van der Waals surface area contributed by atoms with E-state index in [9.17, 15) is 4.79 Å². The van der Waals surface area contributed by atoms with Gasteiger partial charge in [0.1, 0.15) is 5.75 Å². The maximum atomic E-state index is 12.1. The Morgan fingerprint density at radius 3 is 2.75 bits per heavy atom. The van der Waals surface area contributed by atoms with Gasteiger partial charge in [0.05, 0.1) is 11.1 Å². The molecule has 0 bridgehead atoms. The van der Waals surface area contributed by atoms with Crippen LogP contribution in [0.3, 0.4) is 0 Å². The summed E-state index contributed by atoms with van der Waals surface area (Å²) in [5.74, 6) is 0.521. The Hall–Kier alpha value is -2.01. The van der Waals surface area contributed by atoms with E-state index in [0.29, 0.717) is 29.3 Å². The molecule has 20 heavy (non-hydrogen) atoms. The molecular weight excluding hydrogens is 320 g/mol. The minimum absolute atomic E-state index is 0.195. The molecule has 0 radical (unpaired) electrons. The fourth-order valence-corrected chi connectivity index (χ4v) is 2.23. The van der Waals surface area contributed by atoms with Gasteiger partial charge in [-0.3, -0.25) is 4.79 Å². The second-order valence-corrected chi connectivity index (χ2v) is 5.01. The summed E-state index contributed by atoms with van der Waals surface area (Å²) >= 11 is 3.39. The van der Waals surface area contributed by atoms with Gasteiger partial charge in [0, 0.05) is 16.9 Å². The van der Waals surface area contributed by atoms with Gasteiger partial charge >= 0.3 is 0 Å². The number of anilines is 2. The number of carbonyl (C=O) groups is 1. The van der Waals surface area contributed by atoms with Gasteiger partial charge in [-0.2, -0.15) is 0 Å². The quantitative estimate of drug-likeness (QED) is 0.838. The molecule has 1 amide bonds. The minimum atomic E-state index is -0.195. The van der Waals surface area contributed by atoms with Gasteiger partial charge < -0.3 is 15.8 Å². The van der Waals surface area contributed by atoms with Crippen molar-refractivity contribution >= 4 is 33.2 Å². The molecule has 3 N–H and O–H groups in total. The molecule has 2 aromatic rings. The number of hydrogen-bond donors (Lipinski definition) is 2. The SMILES string of the molecule is CCOc1ccc(C(=O)Nc2cccc(N)c2)cc1Br. The second kappa shape index (κ2) is 6.43. The zero-order valence-electron chi connectivity index (χ0n) is 11.0. The smallest absolute Gasteiger partial charge is 0.255 e. The second-order valence-electron chi connectivity index (χ2n) is 4.16. The van der Waals surface area contributed by atoms with Gasteiger partial charge in [0.15, 0.2) is 0 Å². The van der Waals surface area contributed by atoms with Crippen LogP contribution in [0, 0.1) is 0 Å². The molecule has 0 fully saturated rings. The highest BCUT2D eigenvalue weighted by molar-refractivity contribution is 9.10. The number of halogens is 1. The van der Waals surface area contributed by atoms with Crippen LogP contribution in [0.25, 0.3) is 0 Å². The number of ether oxygens (including phenoxy) is 1. The van der Waals surface area contributed by atoms with Gasteiger partial charge in [-0.25, -0.2) is 0 Å². The zero-order valence-corrected chi connectivity index (χ0v) is 12.6. The molecule has 0 atom stereocenters. The van der Waals surface area contributed by atoms with Crippen molar-refractivity contribution in [3.8, 4) is 5.75 Å². The van der Waals surface area contributed by atoms with Crippen LogP contribution in [0.5, 0.6) is 5.75 Å². The number of amides is 1. The molecule has 0 saturated heterocycles. The van der Waals surface area contributed by atoms with E-state index in [4.69, 9.17) is 10.5 Å². The van der Waals surface area contributed by atoms with Gasteiger partial charge in [0.2, 0.25) is 0 Å². The Balaban J connectivity index is 2.15. The van der Waals surface area contributed by atoms with Crippen LogP contribution in [0.4, 0.5) is 11.4 Å². The van der Waals surface area contributed by atoms with Gasteiger partial charge in [-0.1, -0.05) is 6.07 Å². The van der Waals surface area contributed by atoms with Crippen molar-refractivity contribution in [1.29, 1.82) is 0 Å². The maximum Gasteiger partial charge on any atom is 0.255 e. The van der Waals surface area contributed by atoms with Crippen LogP contribution in [0.1, 0.15) is 17.3 Å². The fraction of sp³-hybridized carbons (Fsp3) is 0.133. The third-order valence-electron chi connectivity index (χ3n) is 2.64. The van der Waals surface area contributed by atoms with E-state index in [-0.39, 0.29) is 5.91 Å². The summed E-state index contributed by atoms with van der Waals surface area (Å²) in [6, 6.07) is 12.3. The lowest BCUT2D eigenvalue weighted by atomic mass is 10.2. The van der Waals surface area contributed by atoms with Crippen molar-refractivity contribution in [2.75, 3.05) is 17.7 Å². The summed E-state index contributed by atoms with van der Waals surface area (Å²) in [7, 11) is 0. The summed E-state index contributed by atoms with van der Waals surface area (Å²) in [6.45, 7) is 2.49. The number of hydrogen-bond acceptors (Lipinski definition) is 3. The number of rotatable bonds is 4. The molecule has 0 unspecified atom stereocenters. The molecule has 0 spiro atoms. The minimum Gasteiger partial charge on any atom is -0.493 e. The van der Waals surface area contributed by atoms with Crippen molar-refractivity contribution in [2.45, 2.75) is 6.92 Å². The summed E-state index contributed by atoms with van der Waals surface area (Å²) < 4.78 is 6.16. The largest absolute Gasteiger partial charge is 0.493 e. The van der Waals surface area contributed by atoms with Gasteiger partial charge in [-0.05, 0) is 59.3 Å². The first kappa shape index (κ1) is 14.4. The normalized spacial score (nSPS) is 10.1. The number of nitrogens with two attached hydrogens (primary N) is 1. The predicted molar refractivity (Wildman–Crippen MR) is 84.1 cm³/mol. The molecule has 2 rings (SSSR count). The molecule has 4 nitrogen and oxygen atoms in total. The van der Waals surface area contributed by atoms with Crippen molar-refractivity contribution in [3.05, 3.63) is 52.5 Å². The van der Waals surface area contributed by atoms with Crippen molar-refractivity contribution in [2.24, 2.45) is 0 Å². The van der Waals surface area contributed by atoms with Crippen LogP contribution < -0.4 is 15.8 Å². The lowest BCUT2D eigenvalue weighted by Crippen LogP contribution is -2.12. The zero-order chi connectivity index (χ0) is 14.5. The highest BCUT2D eigenvalue weighted by atomic mass is 79.9. The van der Waals surface area contributed by atoms with E-state index in [1.807, 2.05) is 6.92 Å². The number of benzene rings is 2. The van der Waals surface area contributed by atoms with E-state index >= 15 is 0 Å². The number of nitrogens with one attached hydrogen (secondary N) is 1. The summed E-state index contributed by atoms with van der Waals surface area (Å²) in [5.41, 5.74) is 7.49. The molecule has 0 saturated carbocycles. The van der Waals surface area contributed by atoms with Crippen LogP contribution >= 0.6 is 15.9 Å². The molecule has 2 aromatic carbocycles. The molecule has 0 aliphatic carbocycles. The highest BCUT2D eigenvalue weighted by Gasteiger charge is 2.09. The highest BCUT2D eigenvalue weighted by Crippen LogP contribution is 2.26. The Kier molecular flexibility index (Phi) is 4.63. The van der Waals surface area contributed by atoms with Crippen molar-refractivity contribution < 1.29 is 9.53 Å². The molecule has 0 heterocycles. The Morgan fingerprint density at radius 1 is 1.30 bits per heavy atom. The Morgan fingerprint density at radius 2 is 2.10 bits per heavy atom. The average molecular weight is 335 g/mol. The van der Waals surface area contributed by atoms with Crippen LogP contribution in [0.15, 0.2) is 46.9 Å². The van der Waals surface area contributed by atoms with E-state index in [0.717, 1.165) is 4.47 Å². The maximum absolute atomic E-state index is 12.1. The monoisotopic (exact) mass is 334 g/mol. The summed E-state index contributed by atoms with van der Waals surface area (Å²) in [4.78, 5) is 12.1. The first-order valence-corrected chi connectivity index (χ1v) is 6.98. The first-order valence-electron chi connectivity index (χ1n) is 6.19. The van der Waals surface area contributed by atoms with Gasteiger partial charge in [-0.15, -0.1) is 0 Å². The fourth-order valence-electron chi connectivity index (χ4n) is 1.73. The van der Waals surface area contributed by atoms with E-state index < -0.39 is 0 Å². The molecule has 0 aliphatic heterocycles. The number of carbonyl (C=O) groups excluding carboxylic acids is 1. The van der Waals surface area contributed by atoms with Gasteiger partial charge in [0.25, 0.3) is 5.91 Å². The predicted octanol–water partition coefficient (Wildman–Crippen LogP) is 3.68. The standard InChI is InChI=1S/C15H15BrN2O2/c1-2-20-14-7-6-10(8-13(14)16)15(19)18-12-5-3-4-11(17)9-12/h3-9H,2,17H2,1H3,(H,18,19). The van der Waals surface area contributed by atoms with E-state index in [2.05, 4.69) is 21.2 Å². The average Bonchev–Trinajstić information content (AvgIpc) is 2.41. The lowest BCUT2D eigenvalue weighted by Gasteiger charge is -2.09. The summed E-state index contributed by atoms with van der Waals surface area (Å²) in [5, 5.41) is 2.80. The molecule has 5 heteroatoms. The number of nitrogen functional groups attached to an aromatic ring is 1. The lowest BCUT2D eigenvalue weighted by molar-refractivity contribution is 0.102. The van der Waals surface area contributed by atoms with E-state index in [1.165, 1.54) is 0 Å². The molecular formula is C15H15BrN2O2. The van der Waals surface area contributed by atoms with Crippen molar-refractivity contribution in [3.63, 3.8) is 0 Å². The first-order chi connectivity index (χ1) is 9.60. The molecule has 0 aromatic heterocycles. The third-order valence-corrected chi connectivity index (χ3v) is 3.26. The molecule has 104 valence electrons. The van der Waals surface area contributed by atoms with E-state index in [1.54, 1.807) is 42.5 Å². The Labute approximate surface area is 126 Å². The molecule has 0 aliphatic rings. The van der Waals surface area contributed by atoms with Crippen LogP contribution in [-0.4, -0.2) is 12.5 Å². The van der Waals surface area contributed by atoms with Crippen LogP contribution in [-0.2, 0) is 0 Å².